The van der Waals surface area contributed by atoms with E-state index in [1.165, 1.54) is 38.3 Å². The molecule has 1 heterocycles. The number of aromatic nitrogens is 2. The van der Waals surface area contributed by atoms with Gasteiger partial charge in [-0.05, 0) is 18.8 Å². The van der Waals surface area contributed by atoms with Crippen molar-refractivity contribution in [2.45, 2.75) is 32.1 Å². The summed E-state index contributed by atoms with van der Waals surface area (Å²) in [6.45, 7) is 0.807. The van der Waals surface area contributed by atoms with E-state index in [0.29, 0.717) is 17.7 Å². The number of nitro groups is 1. The van der Waals surface area contributed by atoms with Gasteiger partial charge < -0.3 is 10.2 Å². The predicted molar refractivity (Wildman–Crippen MR) is 78.1 cm³/mol. The Labute approximate surface area is 118 Å². The maximum atomic E-state index is 11.1. The second kappa shape index (κ2) is 6.49. The molecule has 0 aromatic carbocycles. The van der Waals surface area contributed by atoms with E-state index in [0.717, 1.165) is 6.54 Å². The van der Waals surface area contributed by atoms with E-state index in [9.17, 15) is 10.1 Å². The van der Waals surface area contributed by atoms with Crippen LogP contribution in [0.1, 0.15) is 32.1 Å². The third kappa shape index (κ3) is 3.34. The van der Waals surface area contributed by atoms with Crippen LogP contribution in [0.2, 0.25) is 0 Å². The summed E-state index contributed by atoms with van der Waals surface area (Å²) in [5.41, 5.74) is -0.0395. The maximum Gasteiger partial charge on any atom is 0.329 e. The van der Waals surface area contributed by atoms with Crippen molar-refractivity contribution in [3.05, 3.63) is 16.3 Å². The van der Waals surface area contributed by atoms with E-state index in [4.69, 9.17) is 0 Å². The Morgan fingerprint density at radius 2 is 2.15 bits per heavy atom. The first kappa shape index (κ1) is 14.5. The molecule has 1 aromatic rings. The van der Waals surface area contributed by atoms with Crippen LogP contribution in [0.15, 0.2) is 6.20 Å². The molecule has 1 aromatic heterocycles. The fourth-order valence-electron chi connectivity index (χ4n) is 2.74. The minimum Gasteiger partial charge on any atom is -0.357 e. The first-order valence-corrected chi connectivity index (χ1v) is 7.02. The second-order valence-corrected chi connectivity index (χ2v) is 5.29. The van der Waals surface area contributed by atoms with Gasteiger partial charge in [0.15, 0.2) is 0 Å². The smallest absolute Gasteiger partial charge is 0.329 e. The Hall–Kier alpha value is -1.92. The summed E-state index contributed by atoms with van der Waals surface area (Å²) in [5.74, 6) is 1.39. The highest BCUT2D eigenvalue weighted by atomic mass is 16.6. The highest BCUT2D eigenvalue weighted by molar-refractivity contribution is 5.58. The SMILES string of the molecule is CNc1ncc([N+](=O)[O-])c(N(C)CC2CCCCC2)n1. The first-order chi connectivity index (χ1) is 9.61. The number of hydrogen-bond acceptors (Lipinski definition) is 6. The van der Waals surface area contributed by atoms with Crippen LogP contribution in [0.4, 0.5) is 17.5 Å². The van der Waals surface area contributed by atoms with E-state index in [2.05, 4.69) is 15.3 Å². The zero-order valence-electron chi connectivity index (χ0n) is 12.0. The average molecular weight is 279 g/mol. The van der Waals surface area contributed by atoms with Crippen LogP contribution < -0.4 is 10.2 Å². The summed E-state index contributed by atoms with van der Waals surface area (Å²) < 4.78 is 0. The zero-order chi connectivity index (χ0) is 14.5. The number of anilines is 2. The van der Waals surface area contributed by atoms with Gasteiger partial charge >= 0.3 is 5.69 Å². The fraction of sp³-hybridized carbons (Fsp3) is 0.692. The Bertz CT molecular complexity index is 474. The summed E-state index contributed by atoms with van der Waals surface area (Å²) >= 11 is 0. The Balaban J connectivity index is 2.17. The highest BCUT2D eigenvalue weighted by Crippen LogP contribution is 2.29. The third-order valence-corrected chi connectivity index (χ3v) is 3.79. The monoisotopic (exact) mass is 279 g/mol. The van der Waals surface area contributed by atoms with Gasteiger partial charge in [-0.15, -0.1) is 0 Å². The van der Waals surface area contributed by atoms with E-state index in [1.54, 1.807) is 7.05 Å². The van der Waals surface area contributed by atoms with Crippen molar-refractivity contribution < 1.29 is 4.92 Å². The van der Waals surface area contributed by atoms with Crippen molar-refractivity contribution in [2.24, 2.45) is 5.92 Å². The molecule has 7 nitrogen and oxygen atoms in total. The van der Waals surface area contributed by atoms with Gasteiger partial charge in [0.2, 0.25) is 11.8 Å². The Morgan fingerprint density at radius 1 is 1.45 bits per heavy atom. The molecule has 2 rings (SSSR count). The van der Waals surface area contributed by atoms with Crippen molar-refractivity contribution in [3.8, 4) is 0 Å². The largest absolute Gasteiger partial charge is 0.357 e. The van der Waals surface area contributed by atoms with Gasteiger partial charge in [-0.3, -0.25) is 10.1 Å². The maximum absolute atomic E-state index is 11.1. The van der Waals surface area contributed by atoms with Crippen LogP contribution in [-0.2, 0) is 0 Å². The molecule has 0 unspecified atom stereocenters. The number of rotatable bonds is 5. The molecule has 20 heavy (non-hydrogen) atoms. The molecule has 7 heteroatoms. The molecule has 0 bridgehead atoms. The van der Waals surface area contributed by atoms with Gasteiger partial charge in [-0.1, -0.05) is 19.3 Å². The summed E-state index contributed by atoms with van der Waals surface area (Å²) in [7, 11) is 3.56. The lowest BCUT2D eigenvalue weighted by atomic mass is 9.89. The molecule has 0 radical (unpaired) electrons. The fourth-order valence-corrected chi connectivity index (χ4v) is 2.74. The average Bonchev–Trinajstić information content (AvgIpc) is 2.47. The van der Waals surface area contributed by atoms with Gasteiger partial charge in [0, 0.05) is 20.6 Å². The van der Waals surface area contributed by atoms with E-state index < -0.39 is 4.92 Å². The molecule has 1 aliphatic rings. The molecule has 0 saturated heterocycles. The van der Waals surface area contributed by atoms with Gasteiger partial charge in [-0.25, -0.2) is 4.98 Å². The van der Waals surface area contributed by atoms with Crippen LogP contribution in [0.25, 0.3) is 0 Å². The predicted octanol–water partition coefficient (Wildman–Crippen LogP) is 2.44. The third-order valence-electron chi connectivity index (χ3n) is 3.79. The van der Waals surface area contributed by atoms with Crippen LogP contribution >= 0.6 is 0 Å². The van der Waals surface area contributed by atoms with Gasteiger partial charge in [0.1, 0.15) is 6.20 Å². The Morgan fingerprint density at radius 3 is 2.75 bits per heavy atom. The molecule has 0 atom stereocenters. The summed E-state index contributed by atoms with van der Waals surface area (Å²) in [6, 6.07) is 0. The number of hydrogen-bond donors (Lipinski definition) is 1. The van der Waals surface area contributed by atoms with Crippen LogP contribution in [-0.4, -0.2) is 35.5 Å². The summed E-state index contributed by atoms with van der Waals surface area (Å²) in [4.78, 5) is 20.7. The van der Waals surface area contributed by atoms with Crippen LogP contribution in [0, 0.1) is 16.0 Å². The second-order valence-electron chi connectivity index (χ2n) is 5.29. The topological polar surface area (TPSA) is 84.2 Å². The molecule has 0 amide bonds. The quantitative estimate of drug-likeness (QED) is 0.658. The molecular formula is C13H21N5O2. The van der Waals surface area contributed by atoms with Gasteiger partial charge in [0.05, 0.1) is 4.92 Å². The Kier molecular flexibility index (Phi) is 4.70. The van der Waals surface area contributed by atoms with Crippen molar-refractivity contribution in [2.75, 3.05) is 30.9 Å². The van der Waals surface area contributed by atoms with Crippen molar-refractivity contribution in [3.63, 3.8) is 0 Å². The molecule has 1 saturated carbocycles. The van der Waals surface area contributed by atoms with Crippen LogP contribution in [0.5, 0.6) is 0 Å². The molecule has 1 fully saturated rings. The normalized spacial score (nSPS) is 15.9. The van der Waals surface area contributed by atoms with Crippen LogP contribution in [0.3, 0.4) is 0 Å². The molecule has 0 spiro atoms. The molecule has 1 N–H and O–H groups in total. The van der Waals surface area contributed by atoms with E-state index >= 15 is 0 Å². The molecule has 1 aliphatic carbocycles. The standard InChI is InChI=1S/C13H21N5O2/c1-14-13-15-8-11(18(19)20)12(16-13)17(2)9-10-6-4-3-5-7-10/h8,10H,3-7,9H2,1-2H3,(H,14,15,16). The molecule has 110 valence electrons. The molecule has 0 aliphatic heterocycles. The lowest BCUT2D eigenvalue weighted by molar-refractivity contribution is -0.384. The minimum absolute atomic E-state index is 0.0395. The van der Waals surface area contributed by atoms with Crippen molar-refractivity contribution in [1.82, 2.24) is 9.97 Å². The highest BCUT2D eigenvalue weighted by Gasteiger charge is 2.23. The lowest BCUT2D eigenvalue weighted by Crippen LogP contribution is -2.28. The summed E-state index contributed by atoms with van der Waals surface area (Å²) in [5, 5.41) is 13.9. The zero-order valence-corrected chi connectivity index (χ0v) is 12.0. The van der Waals surface area contributed by atoms with Crippen molar-refractivity contribution in [1.29, 1.82) is 0 Å². The molecular weight excluding hydrogens is 258 g/mol. The number of nitrogens with zero attached hydrogens (tertiary/aromatic N) is 4. The van der Waals surface area contributed by atoms with Gasteiger partial charge in [-0.2, -0.15) is 4.98 Å². The summed E-state index contributed by atoms with van der Waals surface area (Å²) in [6.07, 6.45) is 7.48. The van der Waals surface area contributed by atoms with Crippen molar-refractivity contribution >= 4 is 17.5 Å². The first-order valence-electron chi connectivity index (χ1n) is 7.02. The number of nitrogens with one attached hydrogen (secondary N) is 1. The van der Waals surface area contributed by atoms with Gasteiger partial charge in [0.25, 0.3) is 0 Å². The van der Waals surface area contributed by atoms with E-state index in [1.807, 2.05) is 11.9 Å². The van der Waals surface area contributed by atoms with E-state index in [-0.39, 0.29) is 5.69 Å². The lowest BCUT2D eigenvalue weighted by Gasteiger charge is -2.27. The minimum atomic E-state index is -0.424.